The molecule has 4 N–H and O–H groups in total. The monoisotopic (exact) mass is 945 g/mol. The average Bonchev–Trinajstić information content (AvgIpc) is 4.15. The quantitative estimate of drug-likeness (QED) is 0.0807. The molecule has 20 heteroatoms. The number of aromatic nitrogens is 4. The summed E-state index contributed by atoms with van der Waals surface area (Å²) in [5.74, 6) is -1.59. The van der Waals surface area contributed by atoms with Crippen molar-refractivity contribution < 1.29 is 42.6 Å². The minimum atomic E-state index is -1.21. The number of fused-ring (bicyclic) bond motifs is 2. The van der Waals surface area contributed by atoms with E-state index in [0.29, 0.717) is 115 Å². The number of halogens is 1. The molecule has 1 atom stereocenters. The third-order valence-electron chi connectivity index (χ3n) is 12.8. The Hall–Kier alpha value is -8.65. The molecule has 0 radical (unpaired) electrons. The number of ether oxygens (including phenoxy) is 2. The molecule has 2 saturated heterocycles. The summed E-state index contributed by atoms with van der Waals surface area (Å²) in [5.41, 5.74) is 2.39. The van der Waals surface area contributed by atoms with E-state index >= 15 is 0 Å². The number of carbonyl (C=O) groups is 6. The van der Waals surface area contributed by atoms with E-state index in [-0.39, 0.29) is 16.8 Å². The second kappa shape index (κ2) is 18.4. The molecule has 1 aliphatic carbocycles. The van der Waals surface area contributed by atoms with E-state index in [0.717, 1.165) is 10.6 Å². The Kier molecular flexibility index (Phi) is 11.9. The molecule has 6 amide bonds. The van der Waals surface area contributed by atoms with Gasteiger partial charge >= 0.3 is 0 Å². The largest absolute Gasteiger partial charge is 0.495 e. The number of rotatable bonds is 13. The first-order valence-corrected chi connectivity index (χ1v) is 22.5. The van der Waals surface area contributed by atoms with Crippen LogP contribution in [0.4, 0.5) is 27.1 Å². The van der Waals surface area contributed by atoms with Crippen LogP contribution < -0.4 is 35.6 Å². The number of piperazine rings is 1. The molecule has 70 heavy (non-hydrogen) atoms. The molecular formula is C50H44FN11O8. The summed E-state index contributed by atoms with van der Waals surface area (Å²) < 4.78 is 25.2. The molecular weight excluding hydrogens is 902 g/mol. The third-order valence-corrected chi connectivity index (χ3v) is 12.8. The number of hydrogen-bond acceptors (Lipinski definition) is 14. The average molecular weight is 946 g/mol. The fourth-order valence-electron chi connectivity index (χ4n) is 8.71. The van der Waals surface area contributed by atoms with E-state index in [1.807, 2.05) is 6.07 Å². The predicted molar refractivity (Wildman–Crippen MR) is 253 cm³/mol. The first-order chi connectivity index (χ1) is 33.8. The van der Waals surface area contributed by atoms with E-state index in [1.54, 1.807) is 60.8 Å². The highest BCUT2D eigenvalue weighted by atomic mass is 19.1. The Bertz CT molecular complexity index is 3120. The van der Waals surface area contributed by atoms with Crippen LogP contribution in [0.1, 0.15) is 62.7 Å². The van der Waals surface area contributed by atoms with E-state index < -0.39 is 52.7 Å². The van der Waals surface area contributed by atoms with Crippen molar-refractivity contribution in [1.82, 2.24) is 35.3 Å². The molecule has 4 aliphatic rings. The molecule has 5 heterocycles. The number of piperidine rings is 1. The normalized spacial score (nSPS) is 17.4. The summed E-state index contributed by atoms with van der Waals surface area (Å²) in [6.07, 6.45) is 4.52. The standard InChI is InChI=1S/C50H44FN11O8/c1-28-3-14-40(45(64)54-28)62-46(65)34-13-10-32(23-35(34)47(62)66)61-21-19-60(20-22-61)27-43-53-26-39(58-59-43)44(63)57-38-25-37-36(24-42(38)69-2)41(15-18-52-37)70-33-11-8-31(9-12-33)56-49(68)50(16-17-50)48(67)55-30-6-4-29(51)5-7-30/h4-13,15,18,23-26,40H,1,3,14,16-17,19-22,27H2,2H3,(H,54,64)(H,55,67)(H,56,68)(H,57,63). The van der Waals surface area contributed by atoms with Gasteiger partial charge in [0.25, 0.3) is 17.7 Å². The topological polar surface area (TPSA) is 230 Å². The van der Waals surface area contributed by atoms with E-state index in [4.69, 9.17) is 9.47 Å². The van der Waals surface area contributed by atoms with E-state index in [9.17, 15) is 33.2 Å². The number of nitrogens with zero attached hydrogens (tertiary/aromatic N) is 7. The molecule has 19 nitrogen and oxygen atoms in total. The summed E-state index contributed by atoms with van der Waals surface area (Å²) in [7, 11) is 1.47. The van der Waals surface area contributed by atoms with Crippen LogP contribution in [0.25, 0.3) is 10.9 Å². The molecule has 10 rings (SSSR count). The summed E-state index contributed by atoms with van der Waals surface area (Å²) in [4.78, 5) is 93.1. The fraction of sp³-hybridized carbons (Fsp3) is 0.240. The molecule has 4 aromatic carbocycles. The zero-order chi connectivity index (χ0) is 48.7. The van der Waals surface area contributed by atoms with Crippen molar-refractivity contribution >= 4 is 69.1 Å². The number of methoxy groups -OCH3 is 1. The van der Waals surface area contributed by atoms with Crippen LogP contribution >= 0.6 is 0 Å². The number of hydrogen-bond donors (Lipinski definition) is 4. The van der Waals surface area contributed by atoms with Crippen molar-refractivity contribution in [1.29, 1.82) is 0 Å². The molecule has 0 spiro atoms. The van der Waals surface area contributed by atoms with Crippen molar-refractivity contribution in [2.75, 3.05) is 54.1 Å². The van der Waals surface area contributed by atoms with Crippen molar-refractivity contribution in [3.05, 3.63) is 138 Å². The van der Waals surface area contributed by atoms with Crippen molar-refractivity contribution in [2.24, 2.45) is 5.41 Å². The molecule has 3 aliphatic heterocycles. The Morgan fingerprint density at radius 1 is 0.814 bits per heavy atom. The van der Waals surface area contributed by atoms with Gasteiger partial charge in [-0.1, -0.05) is 6.58 Å². The maximum atomic E-state index is 13.4. The van der Waals surface area contributed by atoms with Gasteiger partial charge in [0.1, 0.15) is 34.5 Å². The maximum Gasteiger partial charge on any atom is 0.277 e. The minimum absolute atomic E-state index is 0.0151. The molecule has 2 aromatic heterocycles. The summed E-state index contributed by atoms with van der Waals surface area (Å²) >= 11 is 0. The van der Waals surface area contributed by atoms with Gasteiger partial charge in [0.05, 0.1) is 42.2 Å². The van der Waals surface area contributed by atoms with Gasteiger partial charge in [0, 0.05) is 60.5 Å². The van der Waals surface area contributed by atoms with Crippen LogP contribution in [0, 0.1) is 11.2 Å². The Balaban J connectivity index is 0.724. The van der Waals surface area contributed by atoms with E-state index in [1.165, 1.54) is 37.6 Å². The minimum Gasteiger partial charge on any atom is -0.495 e. The Morgan fingerprint density at radius 2 is 1.51 bits per heavy atom. The lowest BCUT2D eigenvalue weighted by Crippen LogP contribution is -2.51. The van der Waals surface area contributed by atoms with Gasteiger partial charge in [-0.15, -0.1) is 10.2 Å². The zero-order valence-electron chi connectivity index (χ0n) is 37.7. The maximum absolute atomic E-state index is 13.4. The second-order valence-electron chi connectivity index (χ2n) is 17.3. The lowest BCUT2D eigenvalue weighted by Gasteiger charge is -2.35. The second-order valence-corrected chi connectivity index (χ2v) is 17.3. The molecule has 6 aromatic rings. The predicted octanol–water partition coefficient (Wildman–Crippen LogP) is 5.68. The number of amides is 6. The number of benzene rings is 4. The van der Waals surface area contributed by atoms with Crippen LogP contribution in [0.2, 0.25) is 0 Å². The van der Waals surface area contributed by atoms with E-state index in [2.05, 4.69) is 57.8 Å². The molecule has 354 valence electrons. The first kappa shape index (κ1) is 45.1. The number of carbonyl (C=O) groups excluding carboxylic acids is 6. The number of allylic oxidation sites excluding steroid dienone is 1. The molecule has 0 bridgehead atoms. The first-order valence-electron chi connectivity index (χ1n) is 22.5. The highest BCUT2D eigenvalue weighted by Crippen LogP contribution is 2.48. The summed E-state index contributed by atoms with van der Waals surface area (Å²) in [6, 6.07) is 21.3. The fourth-order valence-corrected chi connectivity index (χ4v) is 8.71. The van der Waals surface area contributed by atoms with Gasteiger partial charge in [-0.25, -0.2) is 9.37 Å². The van der Waals surface area contributed by atoms with Gasteiger partial charge in [-0.2, -0.15) is 0 Å². The van der Waals surface area contributed by atoms with Gasteiger partial charge in [-0.05, 0) is 111 Å². The highest BCUT2D eigenvalue weighted by molar-refractivity contribution is 6.23. The third kappa shape index (κ3) is 8.94. The van der Waals surface area contributed by atoms with Crippen LogP contribution in [0.3, 0.4) is 0 Å². The molecule has 1 saturated carbocycles. The van der Waals surface area contributed by atoms with Crippen molar-refractivity contribution in [2.45, 2.75) is 38.3 Å². The van der Waals surface area contributed by atoms with Crippen LogP contribution in [0.5, 0.6) is 17.2 Å². The number of pyridine rings is 1. The number of anilines is 4. The Morgan fingerprint density at radius 3 is 2.17 bits per heavy atom. The number of imide groups is 1. The van der Waals surface area contributed by atoms with Crippen molar-refractivity contribution in [3.63, 3.8) is 0 Å². The van der Waals surface area contributed by atoms with Crippen LogP contribution in [-0.4, -0.2) is 105 Å². The van der Waals surface area contributed by atoms with Gasteiger partial charge in [-0.3, -0.25) is 43.6 Å². The molecule has 1 unspecified atom stereocenters. The van der Waals surface area contributed by atoms with Crippen LogP contribution in [-0.2, 0) is 20.9 Å². The van der Waals surface area contributed by atoms with Crippen LogP contribution in [0.15, 0.2) is 110 Å². The smallest absolute Gasteiger partial charge is 0.277 e. The van der Waals surface area contributed by atoms with Crippen molar-refractivity contribution in [3.8, 4) is 17.2 Å². The summed E-state index contributed by atoms with van der Waals surface area (Å²) in [5, 5.41) is 20.0. The van der Waals surface area contributed by atoms with Gasteiger partial charge < -0.3 is 35.6 Å². The zero-order valence-corrected chi connectivity index (χ0v) is 37.7. The van der Waals surface area contributed by atoms with Gasteiger partial charge in [0.15, 0.2) is 11.5 Å². The SMILES string of the molecule is C=C1CCC(N2C(=O)c3ccc(N4CCN(Cc5ncc(C(=O)Nc6cc7nccc(Oc8ccc(NC(=O)C9(C(=O)Nc%10ccc(F)cc%10)CC9)cc8)c7cc6OC)nn5)CC4)cc3C2=O)C(=O)N1. The Labute approximate surface area is 399 Å². The molecule has 3 fully saturated rings. The lowest BCUT2D eigenvalue weighted by molar-refractivity contribution is -0.131. The summed E-state index contributed by atoms with van der Waals surface area (Å²) in [6.45, 7) is 6.72. The van der Waals surface area contributed by atoms with Gasteiger partial charge in [0.2, 0.25) is 17.7 Å². The number of nitrogens with one attached hydrogen (secondary N) is 4. The lowest BCUT2D eigenvalue weighted by atomic mass is 10.0. The highest BCUT2D eigenvalue weighted by Gasteiger charge is 2.56.